The Morgan fingerprint density at radius 1 is 1.08 bits per heavy atom. The van der Waals surface area contributed by atoms with Crippen LogP contribution >= 0.6 is 11.6 Å². The number of nitrogens with zero attached hydrogens (tertiary/aromatic N) is 5. The Balaban J connectivity index is 1.70. The van der Waals surface area contributed by atoms with Gasteiger partial charge in [-0.05, 0) is 55.8 Å². The van der Waals surface area contributed by atoms with Crippen LogP contribution in [-0.2, 0) is 0 Å². The average Bonchev–Trinajstić information content (AvgIpc) is 3.25. The molecular weight excluding hydrogens is 357 g/mol. The average molecular weight is 370 g/mol. The molecule has 0 aliphatic carbocycles. The Hall–Kier alpha value is -3.06. The molecule has 130 valence electrons. The van der Waals surface area contributed by atoms with Crippen molar-refractivity contribution in [1.29, 1.82) is 0 Å². The van der Waals surface area contributed by atoms with Crippen LogP contribution in [0.15, 0.2) is 47.0 Å². The van der Waals surface area contributed by atoms with E-state index in [4.69, 9.17) is 16.1 Å². The molecule has 8 heteroatoms. The van der Waals surface area contributed by atoms with Crippen LogP contribution in [0.4, 0.5) is 4.39 Å². The van der Waals surface area contributed by atoms with Crippen molar-refractivity contribution in [3.63, 3.8) is 0 Å². The first kappa shape index (κ1) is 16.4. The smallest absolute Gasteiger partial charge is 0.280 e. The largest absolute Gasteiger partial charge is 0.332 e. The lowest BCUT2D eigenvalue weighted by atomic mass is 10.2. The van der Waals surface area contributed by atoms with Crippen molar-refractivity contribution in [3.05, 3.63) is 64.6 Å². The van der Waals surface area contributed by atoms with E-state index in [0.717, 1.165) is 5.56 Å². The van der Waals surface area contributed by atoms with Crippen LogP contribution in [0.2, 0.25) is 5.02 Å². The number of rotatable bonds is 3. The lowest BCUT2D eigenvalue weighted by molar-refractivity contribution is 0.430. The summed E-state index contributed by atoms with van der Waals surface area (Å²) >= 11 is 5.89. The van der Waals surface area contributed by atoms with Gasteiger partial charge in [0, 0.05) is 10.6 Å². The second kappa shape index (κ2) is 6.34. The quantitative estimate of drug-likeness (QED) is 0.535. The SMILES string of the molecule is Cc1ccc(-n2nnc(-c3nc(-c4ccc(Cl)cc4)no3)c2C)cc1F. The molecule has 26 heavy (non-hydrogen) atoms. The van der Waals surface area contributed by atoms with Crippen LogP contribution in [0.5, 0.6) is 0 Å². The van der Waals surface area contributed by atoms with E-state index in [0.29, 0.717) is 33.5 Å². The van der Waals surface area contributed by atoms with Gasteiger partial charge in [-0.1, -0.05) is 28.0 Å². The van der Waals surface area contributed by atoms with E-state index in [1.807, 2.05) is 0 Å². The highest BCUT2D eigenvalue weighted by Gasteiger charge is 2.19. The van der Waals surface area contributed by atoms with Gasteiger partial charge in [0.2, 0.25) is 5.82 Å². The van der Waals surface area contributed by atoms with E-state index in [9.17, 15) is 4.39 Å². The molecule has 0 bridgehead atoms. The van der Waals surface area contributed by atoms with Crippen molar-refractivity contribution in [2.75, 3.05) is 0 Å². The van der Waals surface area contributed by atoms with Crippen molar-refractivity contribution >= 4 is 11.6 Å². The molecule has 4 aromatic rings. The summed E-state index contributed by atoms with van der Waals surface area (Å²) in [4.78, 5) is 4.37. The first-order valence-electron chi connectivity index (χ1n) is 7.82. The summed E-state index contributed by atoms with van der Waals surface area (Å²) in [6.07, 6.45) is 0. The number of aromatic nitrogens is 5. The summed E-state index contributed by atoms with van der Waals surface area (Å²) < 4.78 is 20.7. The van der Waals surface area contributed by atoms with Crippen LogP contribution in [0.3, 0.4) is 0 Å². The van der Waals surface area contributed by atoms with E-state index >= 15 is 0 Å². The first-order chi connectivity index (χ1) is 12.5. The third-order valence-corrected chi connectivity index (χ3v) is 4.28. The molecule has 0 aliphatic rings. The molecule has 0 saturated heterocycles. The zero-order valence-corrected chi connectivity index (χ0v) is 14.7. The van der Waals surface area contributed by atoms with Crippen molar-refractivity contribution in [2.24, 2.45) is 0 Å². The topological polar surface area (TPSA) is 69.6 Å². The zero-order chi connectivity index (χ0) is 18.3. The van der Waals surface area contributed by atoms with Gasteiger partial charge in [-0.15, -0.1) is 5.10 Å². The van der Waals surface area contributed by atoms with Gasteiger partial charge in [0.05, 0.1) is 11.4 Å². The molecule has 0 aliphatic heterocycles. The zero-order valence-electron chi connectivity index (χ0n) is 13.9. The molecule has 0 N–H and O–H groups in total. The molecule has 0 unspecified atom stereocenters. The lowest BCUT2D eigenvalue weighted by Gasteiger charge is -2.04. The highest BCUT2D eigenvalue weighted by molar-refractivity contribution is 6.30. The molecule has 2 aromatic carbocycles. The van der Waals surface area contributed by atoms with Gasteiger partial charge in [-0.2, -0.15) is 4.98 Å². The van der Waals surface area contributed by atoms with Crippen LogP contribution in [0.25, 0.3) is 28.7 Å². The maximum atomic E-state index is 13.8. The first-order valence-corrected chi connectivity index (χ1v) is 8.19. The Morgan fingerprint density at radius 2 is 1.85 bits per heavy atom. The van der Waals surface area contributed by atoms with Crippen LogP contribution in [-0.4, -0.2) is 25.1 Å². The van der Waals surface area contributed by atoms with E-state index in [1.54, 1.807) is 50.2 Å². The van der Waals surface area contributed by atoms with Crippen molar-refractivity contribution < 1.29 is 8.91 Å². The molecule has 0 radical (unpaired) electrons. The number of halogens is 2. The van der Waals surface area contributed by atoms with Gasteiger partial charge < -0.3 is 4.52 Å². The fraction of sp³-hybridized carbons (Fsp3) is 0.111. The summed E-state index contributed by atoms with van der Waals surface area (Å²) in [6.45, 7) is 3.51. The van der Waals surface area contributed by atoms with Crippen LogP contribution < -0.4 is 0 Å². The van der Waals surface area contributed by atoms with E-state index in [-0.39, 0.29) is 11.7 Å². The molecule has 0 amide bonds. The third kappa shape index (κ3) is 2.86. The Morgan fingerprint density at radius 3 is 2.58 bits per heavy atom. The number of hydrogen-bond acceptors (Lipinski definition) is 5. The Kier molecular flexibility index (Phi) is 4.00. The van der Waals surface area contributed by atoms with Crippen LogP contribution in [0, 0.1) is 19.7 Å². The van der Waals surface area contributed by atoms with Gasteiger partial charge in [0.25, 0.3) is 5.89 Å². The Bertz CT molecular complexity index is 1090. The predicted molar refractivity (Wildman–Crippen MR) is 94.5 cm³/mol. The molecule has 4 rings (SSSR count). The molecule has 6 nitrogen and oxygen atoms in total. The molecule has 0 atom stereocenters. The van der Waals surface area contributed by atoms with E-state index in [1.165, 1.54) is 10.7 Å². The lowest BCUT2D eigenvalue weighted by Crippen LogP contribution is -2.00. The second-order valence-corrected chi connectivity index (χ2v) is 6.24. The summed E-state index contributed by atoms with van der Waals surface area (Å²) in [7, 11) is 0. The maximum Gasteiger partial charge on any atom is 0.280 e. The van der Waals surface area contributed by atoms with Gasteiger partial charge in [0.1, 0.15) is 5.82 Å². The van der Waals surface area contributed by atoms with Gasteiger partial charge in [-0.25, -0.2) is 9.07 Å². The molecule has 0 fully saturated rings. The predicted octanol–water partition coefficient (Wildman–Crippen LogP) is 4.39. The molecular formula is C18H13ClFN5O. The minimum atomic E-state index is -0.304. The van der Waals surface area contributed by atoms with Crippen LogP contribution in [0.1, 0.15) is 11.3 Å². The fourth-order valence-electron chi connectivity index (χ4n) is 2.52. The van der Waals surface area contributed by atoms with Crippen molar-refractivity contribution in [3.8, 4) is 28.7 Å². The number of benzene rings is 2. The molecule has 2 heterocycles. The van der Waals surface area contributed by atoms with Crippen molar-refractivity contribution in [2.45, 2.75) is 13.8 Å². The van der Waals surface area contributed by atoms with Gasteiger partial charge in [-0.3, -0.25) is 0 Å². The summed E-state index contributed by atoms with van der Waals surface area (Å²) in [5.74, 6) is 0.361. The van der Waals surface area contributed by atoms with E-state index < -0.39 is 0 Å². The second-order valence-electron chi connectivity index (χ2n) is 5.80. The monoisotopic (exact) mass is 369 g/mol. The molecule has 0 saturated carbocycles. The third-order valence-electron chi connectivity index (χ3n) is 4.03. The minimum absolute atomic E-state index is 0.242. The molecule has 2 aromatic heterocycles. The minimum Gasteiger partial charge on any atom is -0.332 e. The number of hydrogen-bond donors (Lipinski definition) is 0. The standard InChI is InChI=1S/C18H13ClFN5O/c1-10-3-8-14(9-15(10)20)25-11(2)16(22-24-25)18-21-17(23-26-18)12-4-6-13(19)7-5-12/h3-9H,1-2H3. The van der Waals surface area contributed by atoms with E-state index in [2.05, 4.69) is 20.5 Å². The number of aryl methyl sites for hydroxylation is 1. The maximum absolute atomic E-state index is 13.8. The van der Waals surface area contributed by atoms with Crippen molar-refractivity contribution in [1.82, 2.24) is 25.1 Å². The van der Waals surface area contributed by atoms with Gasteiger partial charge in [0.15, 0.2) is 5.69 Å². The summed E-state index contributed by atoms with van der Waals surface area (Å²) in [5.41, 5.74) is 3.02. The molecule has 0 spiro atoms. The fourth-order valence-corrected chi connectivity index (χ4v) is 2.65. The Labute approximate surface area is 153 Å². The summed E-state index contributed by atoms with van der Waals surface area (Å²) in [6, 6.07) is 12.0. The highest BCUT2D eigenvalue weighted by Crippen LogP contribution is 2.25. The normalized spacial score (nSPS) is 11.1. The highest BCUT2D eigenvalue weighted by atomic mass is 35.5. The summed E-state index contributed by atoms with van der Waals surface area (Å²) in [5, 5.41) is 12.8. The van der Waals surface area contributed by atoms with Gasteiger partial charge >= 0.3 is 0 Å².